The van der Waals surface area contributed by atoms with Gasteiger partial charge in [0.15, 0.2) is 0 Å². The molecule has 1 saturated carbocycles. The molecule has 0 unspecified atom stereocenters. The van der Waals surface area contributed by atoms with E-state index in [2.05, 4.69) is 9.97 Å². The first kappa shape index (κ1) is 8.22. The van der Waals surface area contributed by atoms with Crippen molar-refractivity contribution in [3.8, 4) is 5.88 Å². The standard InChI is InChI=1S/C8H10FN3O/c9-6-3-11-8(10)12-7(6)13-4-5-1-2-5/h3,5H,1-2,4H2,(H2,10,11,12). The number of aromatic nitrogens is 2. The van der Waals surface area contributed by atoms with Crippen molar-refractivity contribution in [2.24, 2.45) is 5.92 Å². The Labute approximate surface area is 74.9 Å². The summed E-state index contributed by atoms with van der Waals surface area (Å²) in [5.41, 5.74) is 5.28. The van der Waals surface area contributed by atoms with E-state index in [1.165, 1.54) is 0 Å². The summed E-state index contributed by atoms with van der Waals surface area (Å²) in [5, 5.41) is 0. The molecule has 4 nitrogen and oxygen atoms in total. The molecule has 70 valence electrons. The number of halogens is 1. The van der Waals surface area contributed by atoms with E-state index >= 15 is 0 Å². The monoisotopic (exact) mass is 183 g/mol. The summed E-state index contributed by atoms with van der Waals surface area (Å²) in [6.07, 6.45) is 3.33. The molecule has 0 aromatic carbocycles. The van der Waals surface area contributed by atoms with Crippen LogP contribution in [0.15, 0.2) is 6.20 Å². The third kappa shape index (κ3) is 2.05. The van der Waals surface area contributed by atoms with Crippen LogP contribution in [-0.4, -0.2) is 16.6 Å². The third-order valence-corrected chi connectivity index (χ3v) is 1.88. The summed E-state index contributed by atoms with van der Waals surface area (Å²) in [6, 6.07) is 0. The fourth-order valence-electron chi connectivity index (χ4n) is 0.947. The van der Waals surface area contributed by atoms with Gasteiger partial charge in [-0.1, -0.05) is 0 Å². The van der Waals surface area contributed by atoms with Gasteiger partial charge in [0.25, 0.3) is 5.88 Å². The van der Waals surface area contributed by atoms with Crippen LogP contribution in [0.3, 0.4) is 0 Å². The topological polar surface area (TPSA) is 61.0 Å². The lowest BCUT2D eigenvalue weighted by atomic mass is 10.5. The average Bonchev–Trinajstić information content (AvgIpc) is 2.90. The Bertz CT molecular complexity index is 314. The minimum atomic E-state index is -0.560. The van der Waals surface area contributed by atoms with Gasteiger partial charge >= 0.3 is 0 Å². The Balaban J connectivity index is 2.03. The molecular weight excluding hydrogens is 173 g/mol. The number of nitrogen functional groups attached to an aromatic ring is 1. The molecule has 1 aromatic rings. The summed E-state index contributed by atoms with van der Waals surface area (Å²) in [7, 11) is 0. The Morgan fingerprint density at radius 2 is 2.38 bits per heavy atom. The molecule has 5 heteroatoms. The number of nitrogens with zero attached hydrogens (tertiary/aromatic N) is 2. The van der Waals surface area contributed by atoms with E-state index in [4.69, 9.17) is 10.5 Å². The van der Waals surface area contributed by atoms with Crippen LogP contribution >= 0.6 is 0 Å². The molecule has 0 saturated heterocycles. The molecule has 2 rings (SSSR count). The zero-order chi connectivity index (χ0) is 9.26. The predicted molar refractivity (Wildman–Crippen MR) is 44.6 cm³/mol. The maximum atomic E-state index is 12.9. The number of hydrogen-bond acceptors (Lipinski definition) is 4. The van der Waals surface area contributed by atoms with Gasteiger partial charge in [0.1, 0.15) is 0 Å². The molecule has 1 aliphatic carbocycles. The van der Waals surface area contributed by atoms with Crippen LogP contribution in [-0.2, 0) is 0 Å². The van der Waals surface area contributed by atoms with Crippen LogP contribution in [0.1, 0.15) is 12.8 Å². The zero-order valence-electron chi connectivity index (χ0n) is 7.03. The molecule has 0 aliphatic heterocycles. The van der Waals surface area contributed by atoms with Gasteiger partial charge in [-0.25, -0.2) is 4.98 Å². The fraction of sp³-hybridized carbons (Fsp3) is 0.500. The number of nitrogens with two attached hydrogens (primary N) is 1. The van der Waals surface area contributed by atoms with Gasteiger partial charge < -0.3 is 10.5 Å². The minimum Gasteiger partial charge on any atom is -0.475 e. The molecule has 0 bridgehead atoms. The lowest BCUT2D eigenvalue weighted by molar-refractivity contribution is 0.273. The highest BCUT2D eigenvalue weighted by Crippen LogP contribution is 2.29. The summed E-state index contributed by atoms with van der Waals surface area (Å²) in [4.78, 5) is 7.14. The summed E-state index contributed by atoms with van der Waals surface area (Å²) in [5.74, 6) is -0.00274. The van der Waals surface area contributed by atoms with E-state index in [0.29, 0.717) is 12.5 Å². The maximum Gasteiger partial charge on any atom is 0.255 e. The lowest BCUT2D eigenvalue weighted by Gasteiger charge is -2.04. The van der Waals surface area contributed by atoms with Gasteiger partial charge in [-0.2, -0.15) is 9.37 Å². The molecule has 2 N–H and O–H groups in total. The number of ether oxygens (including phenoxy) is 1. The summed E-state index contributed by atoms with van der Waals surface area (Å²) < 4.78 is 18.1. The van der Waals surface area contributed by atoms with Gasteiger partial charge in [-0.05, 0) is 18.8 Å². The lowest BCUT2D eigenvalue weighted by Crippen LogP contribution is -2.05. The fourth-order valence-corrected chi connectivity index (χ4v) is 0.947. The second-order valence-electron chi connectivity index (χ2n) is 3.14. The summed E-state index contributed by atoms with van der Waals surface area (Å²) in [6.45, 7) is 0.521. The number of rotatable bonds is 3. The van der Waals surface area contributed by atoms with Crippen LogP contribution in [0.2, 0.25) is 0 Å². The third-order valence-electron chi connectivity index (χ3n) is 1.88. The van der Waals surface area contributed by atoms with Crippen LogP contribution in [0.25, 0.3) is 0 Å². The van der Waals surface area contributed by atoms with Gasteiger partial charge in [0, 0.05) is 0 Å². The Morgan fingerprint density at radius 3 is 3.08 bits per heavy atom. The first-order valence-corrected chi connectivity index (χ1v) is 4.16. The van der Waals surface area contributed by atoms with Crippen molar-refractivity contribution < 1.29 is 9.13 Å². The first-order chi connectivity index (χ1) is 6.25. The van der Waals surface area contributed by atoms with Crippen LogP contribution in [0.5, 0.6) is 5.88 Å². The molecular formula is C8H10FN3O. The number of hydrogen-bond donors (Lipinski definition) is 1. The first-order valence-electron chi connectivity index (χ1n) is 4.16. The van der Waals surface area contributed by atoms with Crippen molar-refractivity contribution in [3.05, 3.63) is 12.0 Å². The molecule has 0 radical (unpaired) electrons. The van der Waals surface area contributed by atoms with Crippen molar-refractivity contribution >= 4 is 5.95 Å². The maximum absolute atomic E-state index is 12.9. The average molecular weight is 183 g/mol. The van der Waals surface area contributed by atoms with Crippen LogP contribution in [0, 0.1) is 11.7 Å². The SMILES string of the molecule is Nc1ncc(F)c(OCC2CC2)n1. The van der Waals surface area contributed by atoms with E-state index in [9.17, 15) is 4.39 Å². The van der Waals surface area contributed by atoms with Crippen molar-refractivity contribution in [1.82, 2.24) is 9.97 Å². The smallest absolute Gasteiger partial charge is 0.255 e. The zero-order valence-corrected chi connectivity index (χ0v) is 7.03. The highest BCUT2D eigenvalue weighted by atomic mass is 19.1. The Morgan fingerprint density at radius 1 is 1.62 bits per heavy atom. The van der Waals surface area contributed by atoms with Gasteiger partial charge in [-0.3, -0.25) is 0 Å². The summed E-state index contributed by atoms with van der Waals surface area (Å²) >= 11 is 0. The van der Waals surface area contributed by atoms with Crippen molar-refractivity contribution in [2.75, 3.05) is 12.3 Å². The van der Waals surface area contributed by atoms with Gasteiger partial charge in [0.05, 0.1) is 12.8 Å². The second-order valence-corrected chi connectivity index (χ2v) is 3.14. The molecule has 1 heterocycles. The molecule has 1 fully saturated rings. The molecule has 0 atom stereocenters. The largest absolute Gasteiger partial charge is 0.475 e. The predicted octanol–water partition coefficient (Wildman–Crippen LogP) is 0.987. The van der Waals surface area contributed by atoms with Gasteiger partial charge in [-0.15, -0.1) is 0 Å². The minimum absolute atomic E-state index is 0.0344. The van der Waals surface area contributed by atoms with E-state index in [-0.39, 0.29) is 11.8 Å². The molecule has 0 amide bonds. The van der Waals surface area contributed by atoms with E-state index in [1.807, 2.05) is 0 Å². The second kappa shape index (κ2) is 3.16. The van der Waals surface area contributed by atoms with E-state index < -0.39 is 5.82 Å². The number of anilines is 1. The molecule has 0 spiro atoms. The quantitative estimate of drug-likeness (QED) is 0.759. The van der Waals surface area contributed by atoms with Crippen LogP contribution < -0.4 is 10.5 Å². The van der Waals surface area contributed by atoms with Crippen molar-refractivity contribution in [3.63, 3.8) is 0 Å². The molecule has 1 aliphatic rings. The van der Waals surface area contributed by atoms with Crippen LogP contribution in [0.4, 0.5) is 10.3 Å². The highest BCUT2D eigenvalue weighted by molar-refractivity contribution is 5.22. The normalized spacial score (nSPS) is 15.8. The molecule has 1 aromatic heterocycles. The van der Waals surface area contributed by atoms with Crippen molar-refractivity contribution in [2.45, 2.75) is 12.8 Å². The van der Waals surface area contributed by atoms with Gasteiger partial charge in [0.2, 0.25) is 11.8 Å². The Kier molecular flexibility index (Phi) is 2.00. The molecule has 13 heavy (non-hydrogen) atoms. The van der Waals surface area contributed by atoms with E-state index in [1.54, 1.807) is 0 Å². The Hall–Kier alpha value is -1.39. The van der Waals surface area contributed by atoms with E-state index in [0.717, 1.165) is 19.0 Å². The highest BCUT2D eigenvalue weighted by Gasteiger charge is 2.22. The van der Waals surface area contributed by atoms with Crippen molar-refractivity contribution in [1.29, 1.82) is 0 Å².